The Hall–Kier alpha value is -5.43. The van der Waals surface area contributed by atoms with Crippen LogP contribution < -0.4 is 20.5 Å². The minimum absolute atomic E-state index is 0.129. The molecule has 0 saturated heterocycles. The lowest BCUT2D eigenvalue weighted by Gasteiger charge is -2.17. The minimum atomic E-state index is -4.59. The Morgan fingerprint density at radius 1 is 0.867 bits per heavy atom. The van der Waals surface area contributed by atoms with E-state index in [1.165, 1.54) is 6.07 Å². The number of amides is 2. The molecule has 0 aliphatic carbocycles. The second-order valence-electron chi connectivity index (χ2n) is 9.97. The average molecular weight is 633 g/mol. The number of nitrogens with zero attached hydrogens (tertiary/aromatic N) is 1. The smallest absolute Gasteiger partial charge is 0.405 e. The maximum Gasteiger partial charge on any atom is 0.405 e. The van der Waals surface area contributed by atoms with Crippen molar-refractivity contribution in [2.45, 2.75) is 36.9 Å². The lowest BCUT2D eigenvalue weighted by Crippen LogP contribution is -2.43. The number of aryl methyl sites for hydroxylation is 1. The van der Waals surface area contributed by atoms with E-state index in [9.17, 15) is 28.1 Å². The Balaban J connectivity index is 1.39. The van der Waals surface area contributed by atoms with Gasteiger partial charge in [-0.2, -0.15) is 0 Å². The molecule has 45 heavy (non-hydrogen) atoms. The van der Waals surface area contributed by atoms with Gasteiger partial charge in [-0.25, -0.2) is 17.9 Å². The van der Waals surface area contributed by atoms with E-state index in [1.807, 2.05) is 65.4 Å². The number of sulfonamides is 1. The number of nitrogens with one attached hydrogen (secondary N) is 2. The number of nitrogens with two attached hydrogens (primary N) is 1. The lowest BCUT2D eigenvalue weighted by atomic mass is 10.1. The number of rotatable bonds is 15. The van der Waals surface area contributed by atoms with Crippen LogP contribution in [0.15, 0.2) is 108 Å². The van der Waals surface area contributed by atoms with Crippen LogP contribution in [0.1, 0.15) is 23.1 Å². The van der Waals surface area contributed by atoms with E-state index in [1.54, 1.807) is 24.3 Å². The molecular weight excluding hydrogens is 600 g/mol. The molecule has 0 spiro atoms. The quantitative estimate of drug-likeness (QED) is 0.0948. The topological polar surface area (TPSA) is 180 Å². The highest BCUT2D eigenvalue weighted by molar-refractivity contribution is 7.90. The summed E-state index contributed by atoms with van der Waals surface area (Å²) in [5.74, 6) is -0.623. The molecule has 0 aliphatic rings. The molecule has 234 valence electrons. The van der Waals surface area contributed by atoms with Crippen molar-refractivity contribution in [3.05, 3.63) is 130 Å². The van der Waals surface area contributed by atoms with E-state index in [0.717, 1.165) is 29.7 Å². The summed E-state index contributed by atoms with van der Waals surface area (Å²) in [5.41, 5.74) is 7.41. The van der Waals surface area contributed by atoms with Crippen molar-refractivity contribution in [1.82, 2.24) is 4.72 Å². The van der Waals surface area contributed by atoms with Crippen molar-refractivity contribution in [3.8, 4) is 5.75 Å². The van der Waals surface area contributed by atoms with Crippen molar-refractivity contribution in [2.75, 3.05) is 11.9 Å². The minimum Gasteiger partial charge on any atom is -0.489 e. The summed E-state index contributed by atoms with van der Waals surface area (Å²) in [6, 6.07) is 29.1. The third-order valence-corrected chi connectivity index (χ3v) is 8.00. The number of hydrogen-bond donors (Lipinski definition) is 3. The maximum absolute atomic E-state index is 13.1. The number of nitro groups is 1. The number of anilines is 1. The van der Waals surface area contributed by atoms with Gasteiger partial charge in [0.05, 0.1) is 9.82 Å². The third-order valence-electron chi connectivity index (χ3n) is 6.66. The Labute approximate surface area is 260 Å². The summed E-state index contributed by atoms with van der Waals surface area (Å²) in [6.45, 7) is 0.752. The number of benzene rings is 4. The van der Waals surface area contributed by atoms with Gasteiger partial charge in [0.15, 0.2) is 6.10 Å². The van der Waals surface area contributed by atoms with Crippen molar-refractivity contribution >= 4 is 33.4 Å². The molecule has 12 nitrogen and oxygen atoms in total. The molecule has 0 heterocycles. The van der Waals surface area contributed by atoms with Gasteiger partial charge in [-0.15, -0.1) is 0 Å². The van der Waals surface area contributed by atoms with Crippen LogP contribution in [0.2, 0.25) is 0 Å². The molecule has 4 aromatic carbocycles. The standard InChI is InChI=1S/C32H32N4O8S/c33-32(38)44-30(20-24-13-15-26(16-14-24)43-22-25-10-5-2-6-11-25)31(37)35-45(41,42)27-17-18-28(29(21-27)36(39)40)34-19-7-12-23-8-3-1-4-9-23/h1-6,8-11,13-18,21,30,34H,7,12,19-20,22H2,(H2,33,38)(H,35,37). The number of nitro benzene ring substituents is 1. The van der Waals surface area contributed by atoms with Gasteiger partial charge >= 0.3 is 6.09 Å². The lowest BCUT2D eigenvalue weighted by molar-refractivity contribution is -0.384. The van der Waals surface area contributed by atoms with Crippen LogP contribution in [0, 0.1) is 10.1 Å². The van der Waals surface area contributed by atoms with Gasteiger partial charge in [-0.1, -0.05) is 72.8 Å². The molecular formula is C32H32N4O8S. The molecule has 1 unspecified atom stereocenters. The van der Waals surface area contributed by atoms with Crippen LogP contribution in [0.25, 0.3) is 0 Å². The second kappa shape index (κ2) is 15.3. The Kier molecular flexibility index (Phi) is 11.1. The summed E-state index contributed by atoms with van der Waals surface area (Å²) in [7, 11) is -4.59. The molecule has 2 amide bonds. The molecule has 4 rings (SSSR count). The maximum atomic E-state index is 13.1. The molecule has 4 aromatic rings. The van der Waals surface area contributed by atoms with Gasteiger partial charge in [-0.05, 0) is 53.8 Å². The van der Waals surface area contributed by atoms with Gasteiger partial charge in [-0.3, -0.25) is 14.9 Å². The van der Waals surface area contributed by atoms with Gasteiger partial charge < -0.3 is 20.5 Å². The number of hydrogen-bond acceptors (Lipinski definition) is 9. The molecule has 0 fully saturated rings. The monoisotopic (exact) mass is 632 g/mol. The van der Waals surface area contributed by atoms with Crippen molar-refractivity contribution in [3.63, 3.8) is 0 Å². The SMILES string of the molecule is NC(=O)OC(Cc1ccc(OCc2ccccc2)cc1)C(=O)NS(=O)(=O)c1ccc(NCCCc2ccccc2)c([N+](=O)[O-])c1. The van der Waals surface area contributed by atoms with Crippen molar-refractivity contribution in [2.24, 2.45) is 5.73 Å². The first-order valence-electron chi connectivity index (χ1n) is 14.0. The van der Waals surface area contributed by atoms with Crippen LogP contribution in [-0.2, 0) is 39.0 Å². The third kappa shape index (κ3) is 9.79. The van der Waals surface area contributed by atoms with Crippen LogP contribution in [0.3, 0.4) is 0 Å². The van der Waals surface area contributed by atoms with Crippen LogP contribution in [0.5, 0.6) is 5.75 Å². The Morgan fingerprint density at radius 3 is 2.13 bits per heavy atom. The van der Waals surface area contributed by atoms with Crippen molar-refractivity contribution in [1.29, 1.82) is 0 Å². The predicted molar refractivity (Wildman–Crippen MR) is 167 cm³/mol. The zero-order valence-corrected chi connectivity index (χ0v) is 24.9. The van der Waals surface area contributed by atoms with Gasteiger partial charge in [0.25, 0.3) is 21.6 Å². The molecule has 0 bridgehead atoms. The fourth-order valence-corrected chi connectivity index (χ4v) is 5.43. The highest BCUT2D eigenvalue weighted by Crippen LogP contribution is 2.28. The highest BCUT2D eigenvalue weighted by atomic mass is 32.2. The van der Waals surface area contributed by atoms with E-state index in [4.69, 9.17) is 15.2 Å². The average Bonchev–Trinajstić information content (AvgIpc) is 3.03. The summed E-state index contributed by atoms with van der Waals surface area (Å²) in [4.78, 5) is 35.0. The number of ether oxygens (including phenoxy) is 2. The molecule has 13 heteroatoms. The van der Waals surface area contributed by atoms with Gasteiger partial charge in [0.2, 0.25) is 0 Å². The Morgan fingerprint density at radius 2 is 1.51 bits per heavy atom. The number of primary amides is 1. The van der Waals surface area contributed by atoms with Crippen LogP contribution >= 0.6 is 0 Å². The van der Waals surface area contributed by atoms with E-state index in [0.29, 0.717) is 30.9 Å². The van der Waals surface area contributed by atoms with Gasteiger partial charge in [0, 0.05) is 19.0 Å². The molecule has 0 radical (unpaired) electrons. The molecule has 0 aromatic heterocycles. The van der Waals surface area contributed by atoms with E-state index >= 15 is 0 Å². The van der Waals surface area contributed by atoms with Crippen LogP contribution in [0.4, 0.5) is 16.2 Å². The summed E-state index contributed by atoms with van der Waals surface area (Å²) < 4.78 is 38.6. The van der Waals surface area contributed by atoms with E-state index < -0.39 is 43.6 Å². The second-order valence-corrected chi connectivity index (χ2v) is 11.7. The molecule has 4 N–H and O–H groups in total. The summed E-state index contributed by atoms with van der Waals surface area (Å²) in [5, 5.41) is 14.7. The van der Waals surface area contributed by atoms with E-state index in [-0.39, 0.29) is 12.1 Å². The zero-order chi connectivity index (χ0) is 32.2. The highest BCUT2D eigenvalue weighted by Gasteiger charge is 2.29. The fraction of sp³-hybridized carbons (Fsp3) is 0.188. The molecule has 1 atom stereocenters. The molecule has 0 aliphatic heterocycles. The first kappa shape index (κ1) is 32.5. The van der Waals surface area contributed by atoms with Crippen molar-refractivity contribution < 1.29 is 32.4 Å². The predicted octanol–water partition coefficient (Wildman–Crippen LogP) is 4.73. The van der Waals surface area contributed by atoms with E-state index in [2.05, 4.69) is 5.32 Å². The Bertz CT molecular complexity index is 1720. The molecule has 0 saturated carbocycles. The summed E-state index contributed by atoms with van der Waals surface area (Å²) in [6.07, 6.45) is -1.65. The first-order chi connectivity index (χ1) is 21.6. The number of carbonyl (C=O) groups is 2. The largest absolute Gasteiger partial charge is 0.489 e. The number of carbonyl (C=O) groups excluding carboxylic acids is 2. The normalized spacial score (nSPS) is 11.6. The zero-order valence-electron chi connectivity index (χ0n) is 24.1. The van der Waals surface area contributed by atoms with Gasteiger partial charge in [0.1, 0.15) is 18.0 Å². The fourth-order valence-electron chi connectivity index (χ4n) is 4.40. The van der Waals surface area contributed by atoms with Crippen LogP contribution in [-0.4, -0.2) is 38.0 Å². The first-order valence-corrected chi connectivity index (χ1v) is 15.4. The summed E-state index contributed by atoms with van der Waals surface area (Å²) >= 11 is 0.